The molecule has 1 saturated heterocycles. The number of likely N-dealkylation sites (tertiary alicyclic amines) is 1. The van der Waals surface area contributed by atoms with Crippen LogP contribution >= 0.6 is 0 Å². The Morgan fingerprint density at radius 1 is 1.05 bits per heavy atom. The van der Waals surface area contributed by atoms with Gasteiger partial charge in [0.1, 0.15) is 11.4 Å². The molecule has 1 fully saturated rings. The van der Waals surface area contributed by atoms with E-state index in [1.807, 2.05) is 26.8 Å². The van der Waals surface area contributed by atoms with Gasteiger partial charge in [0.05, 0.1) is 18.8 Å². The summed E-state index contributed by atoms with van der Waals surface area (Å²) in [6, 6.07) is 8.29. The number of carbonyl (C=O) groups excluding carboxylic acids is 1. The number of para-hydroxylation sites is 1. The van der Waals surface area contributed by atoms with Crippen molar-refractivity contribution in [2.75, 3.05) is 19.6 Å². The summed E-state index contributed by atoms with van der Waals surface area (Å²) in [5, 5.41) is 9.61. The Morgan fingerprint density at radius 2 is 1.67 bits per heavy atom. The second-order valence-corrected chi connectivity index (χ2v) is 11.1. The van der Waals surface area contributed by atoms with Crippen LogP contribution in [0.5, 0.6) is 5.75 Å². The molecule has 0 bridgehead atoms. The number of benzene rings is 1. The van der Waals surface area contributed by atoms with Gasteiger partial charge >= 0.3 is 0 Å². The van der Waals surface area contributed by atoms with Gasteiger partial charge in [0.15, 0.2) is 0 Å². The number of unbranched alkanes of at least 4 members (excludes halogenated alkanes) is 1. The highest BCUT2D eigenvalue weighted by atomic mass is 16.5. The lowest BCUT2D eigenvalue weighted by Crippen LogP contribution is -2.42. The zero-order valence-electron chi connectivity index (χ0n) is 28.3. The van der Waals surface area contributed by atoms with Crippen molar-refractivity contribution in [2.45, 2.75) is 138 Å². The van der Waals surface area contributed by atoms with Crippen molar-refractivity contribution in [3.05, 3.63) is 53.3 Å². The van der Waals surface area contributed by atoms with E-state index in [0.29, 0.717) is 44.3 Å². The molecule has 1 amide bonds. The third-order valence-corrected chi connectivity index (χ3v) is 7.06. The first kappa shape index (κ1) is 39.4. The lowest BCUT2D eigenvalue weighted by Gasteiger charge is -2.30. The topological polar surface area (TPSA) is 88.2 Å². The summed E-state index contributed by atoms with van der Waals surface area (Å²) in [5.74, 6) is 0.932. The number of aliphatic hydroxyl groups excluding tert-OH is 1. The quantitative estimate of drug-likeness (QED) is 0.123. The molecule has 0 radical (unpaired) electrons. The van der Waals surface area contributed by atoms with Gasteiger partial charge < -0.3 is 20.5 Å². The number of aliphatic hydroxyl groups is 1. The Balaban J connectivity index is 0.000000809. The van der Waals surface area contributed by atoms with Gasteiger partial charge in [-0.1, -0.05) is 104 Å². The van der Waals surface area contributed by atoms with E-state index in [-0.39, 0.29) is 12.0 Å². The highest BCUT2D eigenvalue weighted by molar-refractivity contribution is 6.07. The zero-order chi connectivity index (χ0) is 31.9. The van der Waals surface area contributed by atoms with Crippen molar-refractivity contribution < 1.29 is 14.6 Å². The Labute approximate surface area is 258 Å². The number of ether oxygens (including phenoxy) is 1. The lowest BCUT2D eigenvalue weighted by molar-refractivity contribution is -0.129. The molecule has 1 aromatic carbocycles. The van der Waals surface area contributed by atoms with E-state index < -0.39 is 0 Å². The van der Waals surface area contributed by atoms with Crippen molar-refractivity contribution in [2.24, 2.45) is 10.7 Å². The van der Waals surface area contributed by atoms with E-state index in [0.717, 1.165) is 54.7 Å². The Bertz CT molecular complexity index is 946. The van der Waals surface area contributed by atoms with Gasteiger partial charge in [-0.2, -0.15) is 0 Å². The standard InChI is InChI=1S/C19H33N3O2.C15H24O.C2H6/c1-5-7-16(17(8-6-2)21-13-14(3)4)18(20)19(24)22-11-9-15(23)10-12-22;1-4-6-11-14(9-5-2)16-15-12-8-7-10-13(15)3;1-2/h15,23H,3,5-13,20H2,1-2,4H3;7-8,10,12,14H,4-6,9,11H2,1-3H3;1-2H3/b18-16-,21-17?;;. The fourth-order valence-electron chi connectivity index (χ4n) is 4.73. The number of amides is 1. The predicted molar refractivity (Wildman–Crippen MR) is 181 cm³/mol. The summed E-state index contributed by atoms with van der Waals surface area (Å²) in [7, 11) is 0. The molecule has 0 saturated carbocycles. The molecule has 0 spiro atoms. The Hall–Kier alpha value is -2.60. The van der Waals surface area contributed by atoms with E-state index in [1.54, 1.807) is 4.90 Å². The van der Waals surface area contributed by atoms with Gasteiger partial charge in [0.25, 0.3) is 5.91 Å². The molecule has 1 aromatic rings. The number of aliphatic imine (C=N–C) groups is 1. The number of rotatable bonds is 15. The van der Waals surface area contributed by atoms with Crippen LogP contribution in [-0.4, -0.2) is 53.5 Å². The first-order valence-electron chi connectivity index (χ1n) is 16.5. The first-order valence-corrected chi connectivity index (χ1v) is 16.5. The summed E-state index contributed by atoms with van der Waals surface area (Å²) in [5.41, 5.74) is 10.6. The molecule has 42 heavy (non-hydrogen) atoms. The molecule has 1 atom stereocenters. The zero-order valence-corrected chi connectivity index (χ0v) is 28.3. The van der Waals surface area contributed by atoms with Crippen LogP contribution in [-0.2, 0) is 4.79 Å². The lowest BCUT2D eigenvalue weighted by atomic mass is 9.98. The molecule has 1 unspecified atom stereocenters. The number of allylic oxidation sites excluding steroid dienone is 1. The summed E-state index contributed by atoms with van der Waals surface area (Å²) in [6.07, 6.45) is 10.8. The number of hydrogen-bond acceptors (Lipinski definition) is 5. The average molecular weight is 586 g/mol. The molecule has 6 nitrogen and oxygen atoms in total. The Morgan fingerprint density at radius 3 is 2.19 bits per heavy atom. The molecule has 3 N–H and O–H groups in total. The fraction of sp³-hybridized carbons (Fsp3) is 0.667. The fourth-order valence-corrected chi connectivity index (χ4v) is 4.73. The SMILES string of the molecule is C=C(C)CN=C(CCC)/C(CCC)=C(\N)C(=O)N1CCC(O)CC1.CC.CCCCC(CCC)Oc1ccccc1C. The van der Waals surface area contributed by atoms with Crippen LogP contribution in [0.25, 0.3) is 0 Å². The van der Waals surface area contributed by atoms with Crippen molar-refractivity contribution >= 4 is 11.6 Å². The summed E-state index contributed by atoms with van der Waals surface area (Å²) in [4.78, 5) is 19.2. The molecular formula is C36H63N3O3. The number of piperidine rings is 1. The predicted octanol–water partition coefficient (Wildman–Crippen LogP) is 8.56. The average Bonchev–Trinajstić information content (AvgIpc) is 2.99. The number of nitrogens with two attached hydrogens (primary N) is 1. The molecule has 1 aliphatic rings. The maximum Gasteiger partial charge on any atom is 0.270 e. The maximum absolute atomic E-state index is 12.8. The van der Waals surface area contributed by atoms with Gasteiger partial charge in [0.2, 0.25) is 0 Å². The largest absolute Gasteiger partial charge is 0.490 e. The van der Waals surface area contributed by atoms with Gasteiger partial charge in [-0.25, -0.2) is 0 Å². The van der Waals surface area contributed by atoms with Crippen molar-refractivity contribution in [1.82, 2.24) is 4.90 Å². The number of nitrogens with zero attached hydrogens (tertiary/aromatic N) is 2. The van der Waals surface area contributed by atoms with Crippen molar-refractivity contribution in [3.63, 3.8) is 0 Å². The molecule has 2 rings (SSSR count). The molecule has 0 aromatic heterocycles. The number of hydrogen-bond donors (Lipinski definition) is 2. The second-order valence-electron chi connectivity index (χ2n) is 11.1. The molecule has 0 aliphatic carbocycles. The summed E-state index contributed by atoms with van der Waals surface area (Å²) < 4.78 is 6.09. The van der Waals surface area contributed by atoms with Gasteiger partial charge in [-0.05, 0) is 64.0 Å². The van der Waals surface area contributed by atoms with Gasteiger partial charge in [0, 0.05) is 24.4 Å². The van der Waals surface area contributed by atoms with E-state index in [4.69, 9.17) is 10.5 Å². The second kappa shape index (κ2) is 23.9. The minimum Gasteiger partial charge on any atom is -0.490 e. The summed E-state index contributed by atoms with van der Waals surface area (Å²) >= 11 is 0. The highest BCUT2D eigenvalue weighted by Crippen LogP contribution is 2.22. The maximum atomic E-state index is 12.8. The summed E-state index contributed by atoms with van der Waals surface area (Å²) in [6.45, 7) is 22.3. The van der Waals surface area contributed by atoms with Crippen LogP contribution in [0.15, 0.2) is 52.7 Å². The van der Waals surface area contributed by atoms with Gasteiger partial charge in [-0.3, -0.25) is 9.79 Å². The van der Waals surface area contributed by atoms with Crippen LogP contribution in [0.3, 0.4) is 0 Å². The van der Waals surface area contributed by atoms with Gasteiger partial charge in [-0.15, -0.1) is 0 Å². The molecule has 1 heterocycles. The minimum atomic E-state index is -0.304. The van der Waals surface area contributed by atoms with E-state index in [2.05, 4.69) is 64.4 Å². The van der Waals surface area contributed by atoms with Crippen molar-refractivity contribution in [3.8, 4) is 5.75 Å². The van der Waals surface area contributed by atoms with Crippen LogP contribution < -0.4 is 10.5 Å². The van der Waals surface area contributed by atoms with Crippen molar-refractivity contribution in [1.29, 1.82) is 0 Å². The third-order valence-electron chi connectivity index (χ3n) is 7.06. The smallest absolute Gasteiger partial charge is 0.270 e. The Kier molecular flexibility index (Phi) is 22.4. The van der Waals surface area contributed by atoms with Crippen LogP contribution in [0, 0.1) is 6.92 Å². The van der Waals surface area contributed by atoms with Crippen LogP contribution in [0.4, 0.5) is 0 Å². The third kappa shape index (κ3) is 15.6. The van der Waals surface area contributed by atoms with E-state index in [9.17, 15) is 9.90 Å². The number of aryl methyl sites for hydroxylation is 1. The normalized spacial score (nSPS) is 15.0. The number of carbonyl (C=O) groups is 1. The monoisotopic (exact) mass is 585 g/mol. The highest BCUT2D eigenvalue weighted by Gasteiger charge is 2.25. The first-order chi connectivity index (χ1) is 20.2. The minimum absolute atomic E-state index is 0.121. The van der Waals surface area contributed by atoms with Crippen LogP contribution in [0.2, 0.25) is 0 Å². The molecule has 1 aliphatic heterocycles. The van der Waals surface area contributed by atoms with E-state index in [1.165, 1.54) is 31.2 Å². The molecule has 240 valence electrons. The molecule has 6 heteroatoms. The molecular weight excluding hydrogens is 522 g/mol. The van der Waals surface area contributed by atoms with Crippen LogP contribution in [0.1, 0.15) is 125 Å². The van der Waals surface area contributed by atoms with E-state index >= 15 is 0 Å².